The van der Waals surface area contributed by atoms with Crippen molar-refractivity contribution in [3.05, 3.63) is 41.9 Å². The standard InChI is InChI=1S/C19H18N6O5S/c1-28-15-3-13-14(4-16(15)29-2)21-10-22-18(13)30-11-5-23-25(7-11)8-17(27)24-19-20-6-12(9-26)31-19/h3-7,10,26H,8-9H2,1-2H3,(H,20,24,27). The highest BCUT2D eigenvalue weighted by atomic mass is 32.1. The summed E-state index contributed by atoms with van der Waals surface area (Å²) in [5.41, 5.74) is 0.625. The molecule has 4 rings (SSSR count). The van der Waals surface area contributed by atoms with Crippen LogP contribution in [0.15, 0.2) is 37.1 Å². The van der Waals surface area contributed by atoms with Crippen molar-refractivity contribution in [1.29, 1.82) is 0 Å². The van der Waals surface area contributed by atoms with Crippen molar-refractivity contribution in [2.24, 2.45) is 0 Å². The number of methoxy groups -OCH3 is 2. The average molecular weight is 442 g/mol. The Balaban J connectivity index is 1.48. The summed E-state index contributed by atoms with van der Waals surface area (Å²) in [5, 5.41) is 16.9. The zero-order valence-corrected chi connectivity index (χ0v) is 17.4. The van der Waals surface area contributed by atoms with E-state index in [1.54, 1.807) is 32.5 Å². The normalized spacial score (nSPS) is 10.8. The second-order valence-electron chi connectivity index (χ2n) is 6.22. The first kappa shape index (κ1) is 20.5. The van der Waals surface area contributed by atoms with E-state index >= 15 is 0 Å². The number of ether oxygens (including phenoxy) is 3. The molecule has 4 aromatic rings. The zero-order valence-electron chi connectivity index (χ0n) is 16.6. The fraction of sp³-hybridized carbons (Fsp3) is 0.211. The number of aliphatic hydroxyl groups is 1. The third-order valence-corrected chi connectivity index (χ3v) is 5.09. The number of rotatable bonds is 8. The average Bonchev–Trinajstić information content (AvgIpc) is 3.42. The molecular weight excluding hydrogens is 424 g/mol. The van der Waals surface area contributed by atoms with Crippen LogP contribution in [0.25, 0.3) is 10.9 Å². The first-order chi connectivity index (χ1) is 15.1. The molecule has 0 saturated carbocycles. The molecule has 0 aliphatic rings. The number of aliphatic hydroxyl groups excluding tert-OH is 1. The number of hydrogen-bond donors (Lipinski definition) is 2. The first-order valence-electron chi connectivity index (χ1n) is 9.02. The number of thiazole rings is 1. The maximum Gasteiger partial charge on any atom is 0.247 e. The lowest BCUT2D eigenvalue weighted by atomic mass is 10.2. The first-order valence-corrected chi connectivity index (χ1v) is 9.83. The largest absolute Gasteiger partial charge is 0.493 e. The van der Waals surface area contributed by atoms with E-state index in [1.807, 2.05) is 0 Å². The Morgan fingerprint density at radius 3 is 2.71 bits per heavy atom. The van der Waals surface area contributed by atoms with Crippen LogP contribution in [-0.2, 0) is 17.9 Å². The van der Waals surface area contributed by atoms with Crippen LogP contribution in [0.5, 0.6) is 23.1 Å². The second-order valence-corrected chi connectivity index (χ2v) is 7.33. The molecule has 0 aliphatic heterocycles. The summed E-state index contributed by atoms with van der Waals surface area (Å²) in [6.45, 7) is -0.156. The van der Waals surface area contributed by atoms with Crippen molar-refractivity contribution >= 4 is 33.3 Å². The van der Waals surface area contributed by atoms with Crippen LogP contribution in [0.3, 0.4) is 0 Å². The van der Waals surface area contributed by atoms with Gasteiger partial charge in [0.15, 0.2) is 22.4 Å². The summed E-state index contributed by atoms with van der Waals surface area (Å²) < 4.78 is 17.9. The van der Waals surface area contributed by atoms with E-state index in [-0.39, 0.29) is 19.1 Å². The van der Waals surface area contributed by atoms with Crippen molar-refractivity contribution < 1.29 is 24.1 Å². The number of fused-ring (bicyclic) bond motifs is 1. The molecular formula is C19H18N6O5S. The van der Waals surface area contributed by atoms with Crippen molar-refractivity contribution in [3.63, 3.8) is 0 Å². The van der Waals surface area contributed by atoms with E-state index in [2.05, 4.69) is 25.4 Å². The van der Waals surface area contributed by atoms with Gasteiger partial charge in [-0.2, -0.15) is 5.10 Å². The lowest BCUT2D eigenvalue weighted by Crippen LogP contribution is -2.18. The topological polar surface area (TPSA) is 134 Å². The van der Waals surface area contributed by atoms with E-state index in [0.29, 0.717) is 44.0 Å². The number of aromatic nitrogens is 5. The maximum atomic E-state index is 12.2. The highest BCUT2D eigenvalue weighted by Crippen LogP contribution is 2.35. The van der Waals surface area contributed by atoms with Crippen LogP contribution in [-0.4, -0.2) is 50.0 Å². The number of carbonyl (C=O) groups is 1. The predicted molar refractivity (Wildman–Crippen MR) is 112 cm³/mol. The van der Waals surface area contributed by atoms with Crippen molar-refractivity contribution in [2.45, 2.75) is 13.2 Å². The molecule has 0 fully saturated rings. The smallest absolute Gasteiger partial charge is 0.247 e. The molecule has 0 aliphatic carbocycles. The van der Waals surface area contributed by atoms with Gasteiger partial charge in [0, 0.05) is 12.3 Å². The molecule has 160 valence electrons. The molecule has 3 heterocycles. The van der Waals surface area contributed by atoms with Gasteiger partial charge in [-0.1, -0.05) is 11.3 Å². The Morgan fingerprint density at radius 2 is 1.97 bits per heavy atom. The number of benzene rings is 1. The van der Waals surface area contributed by atoms with Crippen LogP contribution in [0.4, 0.5) is 5.13 Å². The molecule has 0 bridgehead atoms. The zero-order chi connectivity index (χ0) is 21.8. The van der Waals surface area contributed by atoms with Gasteiger partial charge in [-0.3, -0.25) is 9.48 Å². The summed E-state index contributed by atoms with van der Waals surface area (Å²) in [7, 11) is 3.09. The number of hydrogen-bond acceptors (Lipinski definition) is 10. The minimum atomic E-state index is -0.308. The molecule has 0 radical (unpaired) electrons. The fourth-order valence-corrected chi connectivity index (χ4v) is 3.47. The summed E-state index contributed by atoms with van der Waals surface area (Å²) in [5.74, 6) is 1.48. The molecule has 1 amide bonds. The van der Waals surface area contributed by atoms with Gasteiger partial charge >= 0.3 is 0 Å². The molecule has 0 spiro atoms. The highest BCUT2D eigenvalue weighted by Gasteiger charge is 2.14. The molecule has 31 heavy (non-hydrogen) atoms. The fourth-order valence-electron chi connectivity index (χ4n) is 2.78. The maximum absolute atomic E-state index is 12.2. The number of nitrogens with zero attached hydrogens (tertiary/aromatic N) is 5. The minimum Gasteiger partial charge on any atom is -0.493 e. The molecule has 11 nitrogen and oxygen atoms in total. The molecule has 3 aromatic heterocycles. The molecule has 2 N–H and O–H groups in total. The van der Waals surface area contributed by atoms with E-state index in [0.717, 1.165) is 0 Å². The van der Waals surface area contributed by atoms with Gasteiger partial charge in [-0.25, -0.2) is 15.0 Å². The monoisotopic (exact) mass is 442 g/mol. The van der Waals surface area contributed by atoms with Gasteiger partial charge in [-0.15, -0.1) is 0 Å². The third-order valence-electron chi connectivity index (χ3n) is 4.19. The molecule has 0 atom stereocenters. The van der Waals surface area contributed by atoms with Gasteiger partial charge in [-0.05, 0) is 6.07 Å². The molecule has 12 heteroatoms. The Kier molecular flexibility index (Phi) is 5.91. The Hall–Kier alpha value is -3.77. The number of amides is 1. The lowest BCUT2D eigenvalue weighted by Gasteiger charge is -2.10. The molecule has 1 aromatic carbocycles. The van der Waals surface area contributed by atoms with Gasteiger partial charge in [0.25, 0.3) is 0 Å². The van der Waals surface area contributed by atoms with E-state index in [1.165, 1.54) is 34.7 Å². The van der Waals surface area contributed by atoms with E-state index in [4.69, 9.17) is 19.3 Å². The van der Waals surface area contributed by atoms with Gasteiger partial charge < -0.3 is 24.6 Å². The SMILES string of the molecule is COc1cc2ncnc(Oc3cnn(CC(=O)Nc4ncc(CO)s4)c3)c2cc1OC. The van der Waals surface area contributed by atoms with Crippen LogP contribution < -0.4 is 19.5 Å². The van der Waals surface area contributed by atoms with Crippen LogP contribution in [0.2, 0.25) is 0 Å². The van der Waals surface area contributed by atoms with E-state index < -0.39 is 0 Å². The van der Waals surface area contributed by atoms with Crippen LogP contribution in [0, 0.1) is 0 Å². The lowest BCUT2D eigenvalue weighted by molar-refractivity contribution is -0.116. The summed E-state index contributed by atoms with van der Waals surface area (Å²) in [6, 6.07) is 3.47. The Labute approximate surface area is 180 Å². The van der Waals surface area contributed by atoms with Crippen molar-refractivity contribution in [2.75, 3.05) is 19.5 Å². The molecule has 0 unspecified atom stereocenters. The molecule has 0 saturated heterocycles. The van der Waals surface area contributed by atoms with Gasteiger partial charge in [0.2, 0.25) is 11.8 Å². The van der Waals surface area contributed by atoms with Crippen molar-refractivity contribution in [3.8, 4) is 23.1 Å². The number of carbonyl (C=O) groups excluding carboxylic acids is 1. The van der Waals surface area contributed by atoms with E-state index in [9.17, 15) is 4.79 Å². The highest BCUT2D eigenvalue weighted by molar-refractivity contribution is 7.15. The predicted octanol–water partition coefficient (Wildman–Crippen LogP) is 2.22. The summed E-state index contributed by atoms with van der Waals surface area (Å²) >= 11 is 1.20. The minimum absolute atomic E-state index is 0.0348. The number of nitrogens with one attached hydrogen (secondary N) is 1. The van der Waals surface area contributed by atoms with Gasteiger partial charge in [0.1, 0.15) is 12.9 Å². The summed E-state index contributed by atoms with van der Waals surface area (Å²) in [6.07, 6.45) is 5.96. The van der Waals surface area contributed by atoms with Gasteiger partial charge in [0.05, 0.1) is 49.0 Å². The van der Waals surface area contributed by atoms with Crippen LogP contribution in [0.1, 0.15) is 4.88 Å². The third kappa shape index (κ3) is 4.54. The number of anilines is 1. The quantitative estimate of drug-likeness (QED) is 0.421. The van der Waals surface area contributed by atoms with Crippen molar-refractivity contribution in [1.82, 2.24) is 24.7 Å². The summed E-state index contributed by atoms with van der Waals surface area (Å²) in [4.78, 5) is 25.3. The Bertz CT molecular complexity index is 1220. The Morgan fingerprint density at radius 1 is 1.16 bits per heavy atom. The van der Waals surface area contributed by atoms with Crippen LogP contribution >= 0.6 is 11.3 Å². The second kappa shape index (κ2) is 8.93.